The molecule has 2 aromatic rings. The maximum absolute atomic E-state index is 11.3. The van der Waals surface area contributed by atoms with Gasteiger partial charge in [0.15, 0.2) is 0 Å². The Balaban J connectivity index is 0.00000169. The number of nitrogens with zero attached hydrogens (tertiary/aromatic N) is 2. The molecule has 1 saturated heterocycles. The van der Waals surface area contributed by atoms with Crippen molar-refractivity contribution in [2.75, 3.05) is 36.4 Å². The number of hydrogen-bond acceptors (Lipinski definition) is 5. The van der Waals surface area contributed by atoms with Crippen LogP contribution in [0, 0.1) is 10.1 Å². The van der Waals surface area contributed by atoms with Crippen LogP contribution in [-0.4, -0.2) is 31.1 Å². The summed E-state index contributed by atoms with van der Waals surface area (Å²) in [7, 11) is 0. The Hall–Kier alpha value is -1.54. The Morgan fingerprint density at radius 2 is 1.88 bits per heavy atom. The Kier molecular flexibility index (Phi) is 9.15. The first-order valence-electron chi connectivity index (χ1n) is 7.86. The van der Waals surface area contributed by atoms with E-state index >= 15 is 0 Å². The van der Waals surface area contributed by atoms with E-state index in [1.54, 1.807) is 6.07 Å². The van der Waals surface area contributed by atoms with Gasteiger partial charge in [0, 0.05) is 49.0 Å². The van der Waals surface area contributed by atoms with E-state index in [-0.39, 0.29) is 35.4 Å². The van der Waals surface area contributed by atoms with Gasteiger partial charge >= 0.3 is 0 Å². The molecular formula is C17H21BrCl2N4O2. The van der Waals surface area contributed by atoms with Gasteiger partial charge in [-0.25, -0.2) is 0 Å². The maximum atomic E-state index is 11.3. The second-order valence-electron chi connectivity index (χ2n) is 5.68. The molecule has 0 amide bonds. The van der Waals surface area contributed by atoms with Gasteiger partial charge in [-0.2, -0.15) is 0 Å². The minimum absolute atomic E-state index is 0. The summed E-state index contributed by atoms with van der Waals surface area (Å²) in [6, 6.07) is 13.2. The SMILES string of the molecule is Cl.Cl.O=[N+]([O-])c1ccc(N2CCNCC2)cc1NCc1cccc(Br)c1. The third kappa shape index (κ3) is 5.74. The number of benzene rings is 2. The summed E-state index contributed by atoms with van der Waals surface area (Å²) < 4.78 is 0.992. The molecule has 0 aromatic heterocycles. The predicted molar refractivity (Wildman–Crippen MR) is 114 cm³/mol. The second kappa shape index (κ2) is 10.6. The third-order valence-corrected chi connectivity index (χ3v) is 4.52. The number of piperazine rings is 1. The smallest absolute Gasteiger partial charge is 0.292 e. The van der Waals surface area contributed by atoms with Crippen LogP contribution in [0.15, 0.2) is 46.9 Å². The molecule has 1 heterocycles. The average molecular weight is 464 g/mol. The van der Waals surface area contributed by atoms with Gasteiger partial charge in [0.1, 0.15) is 5.69 Å². The first-order valence-corrected chi connectivity index (χ1v) is 8.65. The van der Waals surface area contributed by atoms with Gasteiger partial charge in [-0.1, -0.05) is 28.1 Å². The number of rotatable bonds is 5. The highest BCUT2D eigenvalue weighted by Gasteiger charge is 2.17. The molecule has 3 rings (SSSR count). The molecule has 0 spiro atoms. The van der Waals surface area contributed by atoms with Crippen molar-refractivity contribution in [3.05, 3.63) is 62.6 Å². The highest BCUT2D eigenvalue weighted by Crippen LogP contribution is 2.30. The lowest BCUT2D eigenvalue weighted by Gasteiger charge is -2.29. The van der Waals surface area contributed by atoms with Crippen molar-refractivity contribution in [3.8, 4) is 0 Å². The first-order chi connectivity index (χ1) is 11.6. The van der Waals surface area contributed by atoms with Crippen molar-refractivity contribution in [1.29, 1.82) is 0 Å². The zero-order chi connectivity index (χ0) is 16.9. The highest BCUT2D eigenvalue weighted by atomic mass is 79.9. The van der Waals surface area contributed by atoms with Gasteiger partial charge in [-0.3, -0.25) is 10.1 Å². The number of nitrogens with one attached hydrogen (secondary N) is 2. The van der Waals surface area contributed by atoms with E-state index in [1.807, 2.05) is 36.4 Å². The molecule has 0 saturated carbocycles. The number of hydrogen-bond donors (Lipinski definition) is 2. The molecule has 1 aliphatic heterocycles. The number of halogens is 3. The van der Waals surface area contributed by atoms with Gasteiger partial charge in [0.05, 0.1) is 4.92 Å². The first kappa shape index (κ1) is 22.5. The summed E-state index contributed by atoms with van der Waals surface area (Å²) in [5.41, 5.74) is 2.73. The van der Waals surface area contributed by atoms with E-state index in [1.165, 1.54) is 0 Å². The summed E-state index contributed by atoms with van der Waals surface area (Å²) in [6.07, 6.45) is 0. The van der Waals surface area contributed by atoms with Crippen molar-refractivity contribution in [1.82, 2.24) is 5.32 Å². The Labute approximate surface area is 173 Å². The molecule has 0 bridgehead atoms. The molecule has 0 aliphatic carbocycles. The van der Waals surface area contributed by atoms with E-state index in [0.29, 0.717) is 12.2 Å². The van der Waals surface area contributed by atoms with Crippen LogP contribution in [-0.2, 0) is 6.54 Å². The van der Waals surface area contributed by atoms with Crippen molar-refractivity contribution in [2.45, 2.75) is 6.54 Å². The van der Waals surface area contributed by atoms with Crippen LogP contribution in [0.25, 0.3) is 0 Å². The monoisotopic (exact) mass is 462 g/mol. The van der Waals surface area contributed by atoms with Crippen LogP contribution in [0.4, 0.5) is 17.1 Å². The number of anilines is 2. The van der Waals surface area contributed by atoms with Crippen LogP contribution < -0.4 is 15.5 Å². The van der Waals surface area contributed by atoms with Crippen molar-refractivity contribution in [3.63, 3.8) is 0 Å². The molecule has 9 heteroatoms. The molecule has 6 nitrogen and oxygen atoms in total. The van der Waals surface area contributed by atoms with E-state index in [0.717, 1.165) is 41.9 Å². The lowest BCUT2D eigenvalue weighted by atomic mass is 10.2. The van der Waals surface area contributed by atoms with Crippen molar-refractivity contribution < 1.29 is 4.92 Å². The van der Waals surface area contributed by atoms with E-state index in [2.05, 4.69) is 31.5 Å². The molecule has 2 aromatic carbocycles. The van der Waals surface area contributed by atoms with Crippen LogP contribution >= 0.6 is 40.7 Å². The standard InChI is InChI=1S/C17H19BrN4O2.2ClH/c18-14-3-1-2-13(10-14)12-20-16-11-15(4-5-17(16)22(23)24)21-8-6-19-7-9-21;;/h1-5,10-11,19-20H,6-9,12H2;2*1H. The molecule has 0 radical (unpaired) electrons. The normalized spacial score (nSPS) is 13.3. The number of nitro groups is 1. The highest BCUT2D eigenvalue weighted by molar-refractivity contribution is 9.10. The van der Waals surface area contributed by atoms with Gasteiger partial charge in [-0.15, -0.1) is 24.8 Å². The molecule has 0 atom stereocenters. The Morgan fingerprint density at radius 3 is 2.54 bits per heavy atom. The average Bonchev–Trinajstić information content (AvgIpc) is 2.60. The van der Waals surface area contributed by atoms with Crippen LogP contribution in [0.2, 0.25) is 0 Å². The van der Waals surface area contributed by atoms with Crippen molar-refractivity contribution >= 4 is 57.8 Å². The summed E-state index contributed by atoms with van der Waals surface area (Å²) in [5.74, 6) is 0. The van der Waals surface area contributed by atoms with Gasteiger partial charge in [0.25, 0.3) is 5.69 Å². The summed E-state index contributed by atoms with van der Waals surface area (Å²) in [6.45, 7) is 4.20. The zero-order valence-corrected chi connectivity index (χ0v) is 17.2. The Bertz CT molecular complexity index is 742. The fourth-order valence-electron chi connectivity index (χ4n) is 2.79. The van der Waals surface area contributed by atoms with E-state index in [4.69, 9.17) is 0 Å². The quantitative estimate of drug-likeness (QED) is 0.513. The van der Waals surface area contributed by atoms with Crippen LogP contribution in [0.5, 0.6) is 0 Å². The fourth-order valence-corrected chi connectivity index (χ4v) is 3.24. The molecule has 1 fully saturated rings. The molecule has 1 aliphatic rings. The van der Waals surface area contributed by atoms with Crippen molar-refractivity contribution in [2.24, 2.45) is 0 Å². The molecule has 142 valence electrons. The summed E-state index contributed by atoms with van der Waals surface area (Å²) in [5, 5.41) is 17.8. The maximum Gasteiger partial charge on any atom is 0.292 e. The largest absolute Gasteiger partial charge is 0.375 e. The lowest BCUT2D eigenvalue weighted by Crippen LogP contribution is -2.43. The topological polar surface area (TPSA) is 70.4 Å². The fraction of sp³-hybridized carbons (Fsp3) is 0.294. The lowest BCUT2D eigenvalue weighted by molar-refractivity contribution is -0.384. The van der Waals surface area contributed by atoms with E-state index < -0.39 is 0 Å². The van der Waals surface area contributed by atoms with Crippen LogP contribution in [0.3, 0.4) is 0 Å². The molecule has 26 heavy (non-hydrogen) atoms. The third-order valence-electron chi connectivity index (χ3n) is 4.03. The zero-order valence-electron chi connectivity index (χ0n) is 14.0. The van der Waals surface area contributed by atoms with Gasteiger partial charge in [-0.05, 0) is 29.8 Å². The Morgan fingerprint density at radius 1 is 1.15 bits per heavy atom. The van der Waals surface area contributed by atoms with Gasteiger partial charge < -0.3 is 15.5 Å². The molecule has 0 unspecified atom stereocenters. The second-order valence-corrected chi connectivity index (χ2v) is 6.59. The minimum atomic E-state index is -0.342. The van der Waals surface area contributed by atoms with Crippen LogP contribution in [0.1, 0.15) is 5.56 Å². The van der Waals surface area contributed by atoms with E-state index in [9.17, 15) is 10.1 Å². The molecular weight excluding hydrogens is 443 g/mol. The predicted octanol–water partition coefficient (Wildman–Crippen LogP) is 4.22. The minimum Gasteiger partial charge on any atom is -0.375 e. The van der Waals surface area contributed by atoms with Gasteiger partial charge in [0.2, 0.25) is 0 Å². The summed E-state index contributed by atoms with van der Waals surface area (Å²) in [4.78, 5) is 13.2. The molecule has 2 N–H and O–H groups in total. The number of nitro benzene ring substituents is 1. The summed E-state index contributed by atoms with van der Waals surface area (Å²) >= 11 is 3.44.